The largest absolute Gasteiger partial charge is 0.332 e. The highest BCUT2D eigenvalue weighted by atomic mass is 16.2. The topological polar surface area (TPSA) is 85.0 Å². The predicted molar refractivity (Wildman–Crippen MR) is 73.4 cm³/mol. The smallest absolute Gasteiger partial charge is 0.319 e. The summed E-state index contributed by atoms with van der Waals surface area (Å²) in [5, 5.41) is 9.55. The number of urea groups is 1. The molecule has 0 saturated carbocycles. The summed E-state index contributed by atoms with van der Waals surface area (Å²) in [6, 6.07) is 9.03. The summed E-state index contributed by atoms with van der Waals surface area (Å²) in [7, 11) is 1.83. The average molecular weight is 259 g/mol. The fourth-order valence-corrected chi connectivity index (χ4v) is 1.65. The number of aromatic nitrogens is 2. The molecular formula is C13H17N5O. The van der Waals surface area contributed by atoms with Crippen molar-refractivity contribution in [3.05, 3.63) is 47.8 Å². The number of nitrogens with zero attached hydrogens (tertiary/aromatic N) is 2. The first-order chi connectivity index (χ1) is 9.19. The van der Waals surface area contributed by atoms with E-state index in [1.165, 1.54) is 0 Å². The number of nitrogens with one attached hydrogen (secondary N) is 2. The zero-order chi connectivity index (χ0) is 13.7. The Balaban J connectivity index is 1.85. The number of hydrogen-bond acceptors (Lipinski definition) is 3. The summed E-state index contributed by atoms with van der Waals surface area (Å²) in [6.45, 7) is 0.927. The second-order valence-corrected chi connectivity index (χ2v) is 4.15. The Morgan fingerprint density at radius 2 is 2.05 bits per heavy atom. The first kappa shape index (κ1) is 13.1. The molecule has 0 aliphatic heterocycles. The van der Waals surface area contributed by atoms with Gasteiger partial charge in [-0.3, -0.25) is 4.68 Å². The van der Waals surface area contributed by atoms with Gasteiger partial charge in [-0.25, -0.2) is 4.79 Å². The minimum atomic E-state index is -0.248. The SMILES string of the molecule is Cn1nccc1CNC(=O)Nc1ccc(CN)cc1. The van der Waals surface area contributed by atoms with Crippen molar-refractivity contribution in [2.75, 3.05) is 5.32 Å². The number of carbonyl (C=O) groups is 1. The third-order valence-corrected chi connectivity index (χ3v) is 2.80. The quantitative estimate of drug-likeness (QED) is 0.771. The molecule has 6 nitrogen and oxygen atoms in total. The van der Waals surface area contributed by atoms with Crippen LogP contribution < -0.4 is 16.4 Å². The van der Waals surface area contributed by atoms with Crippen LogP contribution in [0.3, 0.4) is 0 Å². The highest BCUT2D eigenvalue weighted by Crippen LogP contribution is 2.08. The molecule has 4 N–H and O–H groups in total. The lowest BCUT2D eigenvalue weighted by Gasteiger charge is -2.08. The predicted octanol–water partition coefficient (Wildman–Crippen LogP) is 1.20. The van der Waals surface area contributed by atoms with Gasteiger partial charge in [-0.2, -0.15) is 5.10 Å². The minimum Gasteiger partial charge on any atom is -0.332 e. The number of carbonyl (C=O) groups excluding carboxylic acids is 1. The van der Waals surface area contributed by atoms with E-state index in [0.29, 0.717) is 13.1 Å². The van der Waals surface area contributed by atoms with Gasteiger partial charge in [0.25, 0.3) is 0 Å². The highest BCUT2D eigenvalue weighted by Gasteiger charge is 2.03. The van der Waals surface area contributed by atoms with Crippen molar-refractivity contribution in [3.8, 4) is 0 Å². The fraction of sp³-hybridized carbons (Fsp3) is 0.231. The molecule has 0 saturated heterocycles. The molecule has 1 heterocycles. The lowest BCUT2D eigenvalue weighted by atomic mass is 10.2. The van der Waals surface area contributed by atoms with E-state index in [0.717, 1.165) is 16.9 Å². The van der Waals surface area contributed by atoms with Crippen LogP contribution >= 0.6 is 0 Å². The van der Waals surface area contributed by atoms with Crippen molar-refractivity contribution in [3.63, 3.8) is 0 Å². The maximum absolute atomic E-state index is 11.7. The second-order valence-electron chi connectivity index (χ2n) is 4.15. The van der Waals surface area contributed by atoms with Crippen LogP contribution in [-0.4, -0.2) is 15.8 Å². The standard InChI is InChI=1S/C13H17N5O/c1-18-12(6-7-16-18)9-15-13(19)17-11-4-2-10(8-14)3-5-11/h2-7H,8-9,14H2,1H3,(H2,15,17,19). The van der Waals surface area contributed by atoms with Crippen LogP contribution in [0.4, 0.5) is 10.5 Å². The van der Waals surface area contributed by atoms with E-state index < -0.39 is 0 Å². The molecule has 2 amide bonds. The van der Waals surface area contributed by atoms with E-state index in [4.69, 9.17) is 5.73 Å². The molecule has 6 heteroatoms. The molecule has 19 heavy (non-hydrogen) atoms. The Labute approximate surface area is 111 Å². The van der Waals surface area contributed by atoms with Gasteiger partial charge < -0.3 is 16.4 Å². The van der Waals surface area contributed by atoms with Crippen molar-refractivity contribution < 1.29 is 4.79 Å². The Morgan fingerprint density at radius 3 is 2.63 bits per heavy atom. The van der Waals surface area contributed by atoms with Crippen molar-refractivity contribution in [2.24, 2.45) is 12.8 Å². The van der Waals surface area contributed by atoms with Crippen LogP contribution in [0.25, 0.3) is 0 Å². The first-order valence-electron chi connectivity index (χ1n) is 6.00. The lowest BCUT2D eigenvalue weighted by Crippen LogP contribution is -2.28. The Kier molecular flexibility index (Phi) is 4.15. The van der Waals surface area contributed by atoms with Gasteiger partial charge in [-0.1, -0.05) is 12.1 Å². The van der Waals surface area contributed by atoms with E-state index in [-0.39, 0.29) is 6.03 Å². The number of hydrogen-bond donors (Lipinski definition) is 3. The van der Waals surface area contributed by atoms with Gasteiger partial charge in [-0.05, 0) is 23.8 Å². The van der Waals surface area contributed by atoms with E-state index in [1.807, 2.05) is 37.4 Å². The number of nitrogens with two attached hydrogens (primary N) is 1. The summed E-state index contributed by atoms with van der Waals surface area (Å²) >= 11 is 0. The van der Waals surface area contributed by atoms with Gasteiger partial charge in [-0.15, -0.1) is 0 Å². The van der Waals surface area contributed by atoms with Crippen molar-refractivity contribution in [1.29, 1.82) is 0 Å². The van der Waals surface area contributed by atoms with Gasteiger partial charge in [0.05, 0.1) is 12.2 Å². The third kappa shape index (κ3) is 3.56. The second kappa shape index (κ2) is 6.01. The van der Waals surface area contributed by atoms with Crippen LogP contribution in [0, 0.1) is 0 Å². The molecule has 2 rings (SSSR count). The molecule has 2 aromatic rings. The van der Waals surface area contributed by atoms with Gasteiger partial charge in [0.1, 0.15) is 0 Å². The van der Waals surface area contributed by atoms with Crippen molar-refractivity contribution in [2.45, 2.75) is 13.1 Å². The highest BCUT2D eigenvalue weighted by molar-refractivity contribution is 5.89. The van der Waals surface area contributed by atoms with E-state index in [9.17, 15) is 4.79 Å². The summed E-state index contributed by atoms with van der Waals surface area (Å²) in [4.78, 5) is 11.7. The molecular weight excluding hydrogens is 242 g/mol. The van der Waals surface area contributed by atoms with Crippen LogP contribution in [-0.2, 0) is 20.1 Å². The summed E-state index contributed by atoms with van der Waals surface area (Å²) in [5.74, 6) is 0. The molecule has 0 radical (unpaired) electrons. The average Bonchev–Trinajstić information content (AvgIpc) is 2.83. The normalized spacial score (nSPS) is 10.2. The van der Waals surface area contributed by atoms with Crippen LogP contribution in [0.15, 0.2) is 36.5 Å². The Hall–Kier alpha value is -2.34. The maximum Gasteiger partial charge on any atom is 0.319 e. The molecule has 1 aromatic carbocycles. The van der Waals surface area contributed by atoms with Gasteiger partial charge in [0, 0.05) is 25.5 Å². The number of amides is 2. The summed E-state index contributed by atoms with van der Waals surface area (Å²) < 4.78 is 1.72. The van der Waals surface area contributed by atoms with E-state index in [1.54, 1.807) is 10.9 Å². The molecule has 1 aromatic heterocycles. The maximum atomic E-state index is 11.7. The van der Waals surface area contributed by atoms with Crippen LogP contribution in [0.5, 0.6) is 0 Å². The molecule has 100 valence electrons. The Bertz CT molecular complexity index is 546. The monoisotopic (exact) mass is 259 g/mol. The molecule has 0 fully saturated rings. The molecule has 0 aliphatic carbocycles. The zero-order valence-electron chi connectivity index (χ0n) is 10.8. The van der Waals surface area contributed by atoms with Gasteiger partial charge in [0.15, 0.2) is 0 Å². The first-order valence-corrected chi connectivity index (χ1v) is 6.00. The van der Waals surface area contributed by atoms with E-state index in [2.05, 4.69) is 15.7 Å². The van der Waals surface area contributed by atoms with Gasteiger partial charge >= 0.3 is 6.03 Å². The Morgan fingerprint density at radius 1 is 1.32 bits per heavy atom. The number of rotatable bonds is 4. The minimum absolute atomic E-state index is 0.248. The lowest BCUT2D eigenvalue weighted by molar-refractivity contribution is 0.251. The van der Waals surface area contributed by atoms with E-state index >= 15 is 0 Å². The molecule has 0 unspecified atom stereocenters. The van der Waals surface area contributed by atoms with Crippen molar-refractivity contribution >= 4 is 11.7 Å². The summed E-state index contributed by atoms with van der Waals surface area (Å²) in [6.07, 6.45) is 1.69. The summed E-state index contributed by atoms with van der Waals surface area (Å²) in [5.41, 5.74) is 8.21. The molecule has 0 atom stereocenters. The zero-order valence-corrected chi connectivity index (χ0v) is 10.8. The molecule has 0 bridgehead atoms. The number of benzene rings is 1. The van der Waals surface area contributed by atoms with Crippen LogP contribution in [0.1, 0.15) is 11.3 Å². The molecule has 0 spiro atoms. The molecule has 0 aliphatic rings. The third-order valence-electron chi connectivity index (χ3n) is 2.80. The number of anilines is 1. The fourth-order valence-electron chi connectivity index (χ4n) is 1.65. The van der Waals surface area contributed by atoms with Crippen molar-refractivity contribution in [1.82, 2.24) is 15.1 Å². The van der Waals surface area contributed by atoms with Gasteiger partial charge in [0.2, 0.25) is 0 Å². The number of aryl methyl sites for hydroxylation is 1. The van der Waals surface area contributed by atoms with Crippen LogP contribution in [0.2, 0.25) is 0 Å².